The molecule has 0 aromatic heterocycles. The Balaban J connectivity index is 5.61. The first-order valence-electron chi connectivity index (χ1n) is 11.6. The maximum Gasteiger partial charge on any atom is 0.408 e. The summed E-state index contributed by atoms with van der Waals surface area (Å²) in [6.07, 6.45) is -1.07. The first-order valence-corrected chi connectivity index (χ1v) is 14.5. The Kier molecular flexibility index (Phi) is 12.1. The van der Waals surface area contributed by atoms with Gasteiger partial charge in [0.25, 0.3) is 0 Å². The van der Waals surface area contributed by atoms with Crippen LogP contribution in [0.15, 0.2) is 0 Å². The number of carboxylic acids is 1. The number of rotatable bonds is 12. The standard InChI is InChI=1S/C23H45NO8Si/c1-11-12-13-16(19(26)27)17(32-33(9,10)23(6,7)8)14-30-20(28)18(15(2)25)24-21(29)31-22(3,4)5/h15-18,25H,11-14H2,1-10H3,(H,24,29)(H,26,27)/t15-,16-,17+,18+/m1/s1. The SMILES string of the molecule is CCCC[C@@H](C(=O)O)[C@H](COC(=O)[C@@H](NC(=O)OC(C)(C)C)[C@@H](C)O)O[Si](C)(C)C(C)(C)C. The van der Waals surface area contributed by atoms with Crippen LogP contribution in [0, 0.1) is 5.92 Å². The summed E-state index contributed by atoms with van der Waals surface area (Å²) in [6, 6.07) is -1.37. The molecule has 0 rings (SSSR count). The van der Waals surface area contributed by atoms with Crippen molar-refractivity contribution in [1.29, 1.82) is 0 Å². The maximum absolute atomic E-state index is 12.7. The molecule has 4 atom stereocenters. The van der Waals surface area contributed by atoms with Crippen LogP contribution in [-0.4, -0.2) is 67.0 Å². The fraction of sp³-hybridized carbons (Fsp3) is 0.870. The van der Waals surface area contributed by atoms with Crippen LogP contribution in [0.1, 0.15) is 74.7 Å². The molecule has 0 unspecified atom stereocenters. The average molecular weight is 492 g/mol. The molecule has 0 fully saturated rings. The Labute approximate surface area is 199 Å². The molecule has 1 amide bonds. The van der Waals surface area contributed by atoms with Gasteiger partial charge in [-0.3, -0.25) is 4.79 Å². The first-order chi connectivity index (χ1) is 14.8. The van der Waals surface area contributed by atoms with E-state index in [4.69, 9.17) is 13.9 Å². The van der Waals surface area contributed by atoms with Gasteiger partial charge in [-0.05, 0) is 52.2 Å². The number of aliphatic carboxylic acids is 1. The number of hydrogen-bond donors (Lipinski definition) is 3. The lowest BCUT2D eigenvalue weighted by atomic mass is 9.96. The van der Waals surface area contributed by atoms with Gasteiger partial charge in [0.05, 0.1) is 18.1 Å². The maximum atomic E-state index is 12.7. The van der Waals surface area contributed by atoms with Crippen molar-refractivity contribution in [2.45, 2.75) is 117 Å². The van der Waals surface area contributed by atoms with Gasteiger partial charge in [-0.2, -0.15) is 0 Å². The summed E-state index contributed by atoms with van der Waals surface area (Å²) in [4.78, 5) is 36.8. The fourth-order valence-corrected chi connectivity index (χ4v) is 4.09. The number of unbranched alkanes of at least 4 members (excludes halogenated alkanes) is 1. The molecule has 9 nitrogen and oxygen atoms in total. The predicted molar refractivity (Wildman–Crippen MR) is 129 cm³/mol. The number of carboxylic acid groups (broad SMARTS) is 1. The van der Waals surface area contributed by atoms with Gasteiger partial charge in [-0.1, -0.05) is 40.5 Å². The van der Waals surface area contributed by atoms with Gasteiger partial charge in [-0.15, -0.1) is 0 Å². The van der Waals surface area contributed by atoms with E-state index in [-0.39, 0.29) is 11.6 Å². The molecule has 0 aliphatic rings. The van der Waals surface area contributed by atoms with E-state index in [0.29, 0.717) is 12.8 Å². The second-order valence-electron chi connectivity index (χ2n) is 11.0. The molecule has 3 N–H and O–H groups in total. The first kappa shape index (κ1) is 31.3. The summed E-state index contributed by atoms with van der Waals surface area (Å²) in [5.74, 6) is -2.75. The second-order valence-corrected chi connectivity index (χ2v) is 15.8. The van der Waals surface area contributed by atoms with E-state index in [1.165, 1.54) is 6.92 Å². The minimum atomic E-state index is -2.38. The van der Waals surface area contributed by atoms with Crippen LogP contribution in [0.5, 0.6) is 0 Å². The molecule has 194 valence electrons. The zero-order valence-corrected chi connectivity index (χ0v) is 23.0. The van der Waals surface area contributed by atoms with E-state index < -0.39 is 56.1 Å². The van der Waals surface area contributed by atoms with Crippen LogP contribution in [0.4, 0.5) is 4.79 Å². The minimum Gasteiger partial charge on any atom is -0.481 e. The smallest absolute Gasteiger partial charge is 0.408 e. The monoisotopic (exact) mass is 491 g/mol. The van der Waals surface area contributed by atoms with Crippen LogP contribution in [0.2, 0.25) is 18.1 Å². The lowest BCUT2D eigenvalue weighted by molar-refractivity contribution is -0.157. The number of aliphatic hydroxyl groups is 1. The largest absolute Gasteiger partial charge is 0.481 e. The highest BCUT2D eigenvalue weighted by Crippen LogP contribution is 2.38. The molecule has 0 radical (unpaired) electrons. The second kappa shape index (κ2) is 12.7. The Morgan fingerprint density at radius 1 is 1.06 bits per heavy atom. The van der Waals surface area contributed by atoms with E-state index in [2.05, 4.69) is 5.32 Å². The molecule has 0 saturated carbocycles. The zero-order chi connectivity index (χ0) is 26.2. The van der Waals surface area contributed by atoms with E-state index in [1.807, 2.05) is 40.8 Å². The summed E-state index contributed by atoms with van der Waals surface area (Å²) < 4.78 is 16.9. The zero-order valence-electron chi connectivity index (χ0n) is 22.0. The molecule has 0 aliphatic carbocycles. The topological polar surface area (TPSA) is 131 Å². The third kappa shape index (κ3) is 11.4. The molecular formula is C23H45NO8Si. The van der Waals surface area contributed by atoms with Gasteiger partial charge in [0.1, 0.15) is 12.2 Å². The molecule has 10 heteroatoms. The van der Waals surface area contributed by atoms with Gasteiger partial charge in [0.15, 0.2) is 14.4 Å². The molecular weight excluding hydrogens is 446 g/mol. The average Bonchev–Trinajstić information content (AvgIpc) is 2.60. The number of carbonyl (C=O) groups excluding carboxylic acids is 2. The Bertz CT molecular complexity index is 652. The summed E-state index contributed by atoms with van der Waals surface area (Å²) >= 11 is 0. The Morgan fingerprint density at radius 2 is 1.61 bits per heavy atom. The van der Waals surface area contributed by atoms with E-state index in [1.54, 1.807) is 20.8 Å². The quantitative estimate of drug-likeness (QED) is 0.275. The van der Waals surface area contributed by atoms with Crippen LogP contribution in [0.3, 0.4) is 0 Å². The van der Waals surface area contributed by atoms with Crippen LogP contribution < -0.4 is 5.32 Å². The van der Waals surface area contributed by atoms with Crippen molar-refractivity contribution in [3.8, 4) is 0 Å². The van der Waals surface area contributed by atoms with Gasteiger partial charge in [0.2, 0.25) is 0 Å². The third-order valence-corrected chi connectivity index (χ3v) is 10.2. The minimum absolute atomic E-state index is 0.177. The van der Waals surface area contributed by atoms with Crippen molar-refractivity contribution in [2.24, 2.45) is 5.92 Å². The molecule has 0 saturated heterocycles. The number of alkyl carbamates (subject to hydrolysis) is 1. The predicted octanol–water partition coefficient (Wildman–Crippen LogP) is 4.09. The summed E-state index contributed by atoms with van der Waals surface area (Å²) in [5, 5.41) is 22.0. The third-order valence-electron chi connectivity index (χ3n) is 5.69. The van der Waals surface area contributed by atoms with Gasteiger partial charge in [-0.25, -0.2) is 9.59 Å². The van der Waals surface area contributed by atoms with Crippen molar-refractivity contribution < 1.29 is 38.5 Å². The van der Waals surface area contributed by atoms with E-state index >= 15 is 0 Å². The summed E-state index contributed by atoms with van der Waals surface area (Å²) in [7, 11) is -2.38. The molecule has 0 aromatic carbocycles. The number of nitrogens with one attached hydrogen (secondary N) is 1. The molecule has 33 heavy (non-hydrogen) atoms. The number of esters is 1. The highest BCUT2D eigenvalue weighted by atomic mass is 28.4. The number of hydrogen-bond acceptors (Lipinski definition) is 7. The van der Waals surface area contributed by atoms with Gasteiger partial charge < -0.3 is 29.4 Å². The lowest BCUT2D eigenvalue weighted by Crippen LogP contribution is -2.52. The Hall–Kier alpha value is -1.65. The van der Waals surface area contributed by atoms with Crippen molar-refractivity contribution >= 4 is 26.3 Å². The highest BCUT2D eigenvalue weighted by Gasteiger charge is 2.43. The van der Waals surface area contributed by atoms with E-state index in [9.17, 15) is 24.6 Å². The summed E-state index contributed by atoms with van der Waals surface area (Å²) in [5.41, 5.74) is -0.784. The Morgan fingerprint density at radius 3 is 2.00 bits per heavy atom. The fourth-order valence-electron chi connectivity index (χ4n) is 2.74. The van der Waals surface area contributed by atoms with Crippen molar-refractivity contribution in [2.75, 3.05) is 6.61 Å². The molecule has 0 spiro atoms. The molecule has 0 aliphatic heterocycles. The summed E-state index contributed by atoms with van der Waals surface area (Å²) in [6.45, 7) is 18.2. The molecule has 0 aromatic rings. The normalized spacial score (nSPS) is 16.3. The highest BCUT2D eigenvalue weighted by molar-refractivity contribution is 6.74. The van der Waals surface area contributed by atoms with Gasteiger partial charge in [0, 0.05) is 0 Å². The van der Waals surface area contributed by atoms with Crippen molar-refractivity contribution in [1.82, 2.24) is 5.32 Å². The number of ether oxygens (including phenoxy) is 2. The van der Waals surface area contributed by atoms with E-state index in [0.717, 1.165) is 6.42 Å². The lowest BCUT2D eigenvalue weighted by Gasteiger charge is -2.40. The van der Waals surface area contributed by atoms with Crippen molar-refractivity contribution in [3.05, 3.63) is 0 Å². The molecule has 0 bridgehead atoms. The van der Waals surface area contributed by atoms with Crippen LogP contribution >= 0.6 is 0 Å². The van der Waals surface area contributed by atoms with Crippen LogP contribution in [-0.2, 0) is 23.5 Å². The number of carbonyl (C=O) groups is 3. The van der Waals surface area contributed by atoms with Gasteiger partial charge >= 0.3 is 18.0 Å². The number of aliphatic hydroxyl groups excluding tert-OH is 1. The molecule has 0 heterocycles. The van der Waals surface area contributed by atoms with Crippen LogP contribution in [0.25, 0.3) is 0 Å². The number of amides is 1. The van der Waals surface area contributed by atoms with Crippen molar-refractivity contribution in [3.63, 3.8) is 0 Å².